The topological polar surface area (TPSA) is 56.0 Å². The molecule has 0 spiro atoms. The van der Waals surface area contributed by atoms with Crippen LogP contribution in [0.25, 0.3) is 0 Å². The van der Waals surface area contributed by atoms with Gasteiger partial charge in [0.15, 0.2) is 0 Å². The molecule has 0 fully saturated rings. The second-order valence-electron chi connectivity index (χ2n) is 2.35. The smallest absolute Gasteiger partial charge is 0.258 e. The summed E-state index contributed by atoms with van der Waals surface area (Å²) in [5, 5.41) is 10.3. The van der Waals surface area contributed by atoms with Gasteiger partial charge in [-0.1, -0.05) is 30.1 Å². The summed E-state index contributed by atoms with van der Waals surface area (Å²) in [6, 6.07) is 1.45. The molecule has 0 bridgehead atoms. The summed E-state index contributed by atoms with van der Waals surface area (Å²) in [4.78, 5) is 13.6. The SMILES string of the molecule is CCc1cc(Cl)c([N+](=O)[O-])c(Cl)n1. The Hall–Kier alpha value is -0.870. The van der Waals surface area contributed by atoms with Gasteiger partial charge in [-0.05, 0) is 12.5 Å². The van der Waals surface area contributed by atoms with Gasteiger partial charge in [-0.25, -0.2) is 4.98 Å². The Labute approximate surface area is 84.6 Å². The molecule has 70 valence electrons. The lowest BCUT2D eigenvalue weighted by Crippen LogP contribution is -1.95. The monoisotopic (exact) mass is 220 g/mol. The molecular formula is C7H6Cl2N2O2. The minimum atomic E-state index is -0.642. The molecule has 0 unspecified atom stereocenters. The Morgan fingerprint density at radius 3 is 2.62 bits per heavy atom. The third kappa shape index (κ3) is 2.08. The zero-order valence-electron chi connectivity index (χ0n) is 6.75. The first kappa shape index (κ1) is 10.2. The van der Waals surface area contributed by atoms with Crippen molar-refractivity contribution in [1.29, 1.82) is 0 Å². The van der Waals surface area contributed by atoms with Crippen molar-refractivity contribution in [3.05, 3.63) is 32.1 Å². The Morgan fingerprint density at radius 1 is 1.62 bits per heavy atom. The van der Waals surface area contributed by atoms with Crippen molar-refractivity contribution in [3.8, 4) is 0 Å². The fourth-order valence-electron chi connectivity index (χ4n) is 0.868. The highest BCUT2D eigenvalue weighted by Gasteiger charge is 2.19. The Balaban J connectivity index is 3.31. The normalized spacial score (nSPS) is 10.1. The number of halogens is 2. The number of hydrogen-bond donors (Lipinski definition) is 0. The van der Waals surface area contributed by atoms with Crippen LogP contribution in [-0.4, -0.2) is 9.91 Å². The fourth-order valence-corrected chi connectivity index (χ4v) is 1.48. The molecule has 0 aromatic carbocycles. The lowest BCUT2D eigenvalue weighted by Gasteiger charge is -2.00. The lowest BCUT2D eigenvalue weighted by atomic mass is 10.3. The average Bonchev–Trinajstić information content (AvgIpc) is 2.02. The van der Waals surface area contributed by atoms with Crippen LogP contribution < -0.4 is 0 Å². The molecule has 13 heavy (non-hydrogen) atoms. The van der Waals surface area contributed by atoms with E-state index in [2.05, 4.69) is 4.98 Å². The van der Waals surface area contributed by atoms with E-state index in [9.17, 15) is 10.1 Å². The summed E-state index contributed by atoms with van der Waals surface area (Å²) in [5.41, 5.74) is 0.307. The van der Waals surface area contributed by atoms with E-state index in [-0.39, 0.29) is 15.9 Å². The van der Waals surface area contributed by atoms with Gasteiger partial charge in [-0.2, -0.15) is 0 Å². The molecule has 0 aliphatic heterocycles. The summed E-state index contributed by atoms with van der Waals surface area (Å²) >= 11 is 11.2. The molecule has 1 heterocycles. The Morgan fingerprint density at radius 2 is 2.23 bits per heavy atom. The number of nitrogens with zero attached hydrogens (tertiary/aromatic N) is 2. The van der Waals surface area contributed by atoms with E-state index in [1.807, 2.05) is 6.92 Å². The van der Waals surface area contributed by atoms with Gasteiger partial charge in [0.2, 0.25) is 5.15 Å². The van der Waals surface area contributed by atoms with Crippen LogP contribution in [-0.2, 0) is 6.42 Å². The van der Waals surface area contributed by atoms with Gasteiger partial charge >= 0.3 is 5.69 Å². The number of hydrogen-bond acceptors (Lipinski definition) is 3. The molecule has 0 aliphatic rings. The van der Waals surface area contributed by atoms with Crippen LogP contribution in [0.3, 0.4) is 0 Å². The molecule has 0 saturated heterocycles. The first-order valence-corrected chi connectivity index (χ1v) is 4.31. The molecule has 0 aliphatic carbocycles. The number of nitro groups is 1. The average molecular weight is 221 g/mol. The highest BCUT2D eigenvalue weighted by atomic mass is 35.5. The van der Waals surface area contributed by atoms with E-state index in [1.165, 1.54) is 6.07 Å². The fraction of sp³-hybridized carbons (Fsp3) is 0.286. The second-order valence-corrected chi connectivity index (χ2v) is 3.11. The summed E-state index contributed by atoms with van der Waals surface area (Å²) in [7, 11) is 0. The predicted molar refractivity (Wildman–Crippen MR) is 50.3 cm³/mol. The van der Waals surface area contributed by atoms with Gasteiger partial charge < -0.3 is 0 Å². The van der Waals surface area contributed by atoms with Gasteiger partial charge in [-0.15, -0.1) is 0 Å². The van der Waals surface area contributed by atoms with Gasteiger partial charge in [-0.3, -0.25) is 10.1 Å². The van der Waals surface area contributed by atoms with Crippen LogP contribution in [0.2, 0.25) is 10.2 Å². The van der Waals surface area contributed by atoms with Crippen LogP contribution in [0.4, 0.5) is 5.69 Å². The molecule has 4 nitrogen and oxygen atoms in total. The summed E-state index contributed by atoms with van der Waals surface area (Å²) in [6.45, 7) is 1.86. The van der Waals surface area contributed by atoms with Gasteiger partial charge in [0.05, 0.1) is 4.92 Å². The molecule has 6 heteroatoms. The first-order valence-electron chi connectivity index (χ1n) is 3.55. The van der Waals surface area contributed by atoms with E-state index in [4.69, 9.17) is 23.2 Å². The molecule has 1 aromatic rings. The zero-order valence-corrected chi connectivity index (χ0v) is 8.26. The Kier molecular flexibility index (Phi) is 3.06. The first-order chi connectivity index (χ1) is 6.06. The van der Waals surface area contributed by atoms with Crippen molar-refractivity contribution in [2.45, 2.75) is 13.3 Å². The van der Waals surface area contributed by atoms with Crippen molar-refractivity contribution < 1.29 is 4.92 Å². The molecule has 0 amide bonds. The van der Waals surface area contributed by atoms with Crippen molar-refractivity contribution in [2.75, 3.05) is 0 Å². The number of rotatable bonds is 2. The minimum Gasteiger partial charge on any atom is -0.258 e. The number of aryl methyl sites for hydroxylation is 1. The summed E-state index contributed by atoms with van der Waals surface area (Å²) < 4.78 is 0. The van der Waals surface area contributed by atoms with E-state index < -0.39 is 4.92 Å². The zero-order chi connectivity index (χ0) is 10.0. The molecule has 0 atom stereocenters. The summed E-state index contributed by atoms with van der Waals surface area (Å²) in [6.07, 6.45) is 0.636. The largest absolute Gasteiger partial charge is 0.324 e. The molecular weight excluding hydrogens is 215 g/mol. The van der Waals surface area contributed by atoms with Crippen LogP contribution in [0.5, 0.6) is 0 Å². The van der Waals surface area contributed by atoms with Gasteiger partial charge in [0.25, 0.3) is 0 Å². The van der Waals surface area contributed by atoms with E-state index in [0.29, 0.717) is 12.1 Å². The number of pyridine rings is 1. The third-order valence-electron chi connectivity index (χ3n) is 1.50. The highest BCUT2D eigenvalue weighted by Crippen LogP contribution is 2.31. The van der Waals surface area contributed by atoms with Crippen LogP contribution >= 0.6 is 23.2 Å². The highest BCUT2D eigenvalue weighted by molar-refractivity contribution is 6.37. The van der Waals surface area contributed by atoms with Gasteiger partial charge in [0.1, 0.15) is 5.02 Å². The van der Waals surface area contributed by atoms with Crippen LogP contribution in [0, 0.1) is 10.1 Å². The maximum absolute atomic E-state index is 10.4. The number of aromatic nitrogens is 1. The van der Waals surface area contributed by atoms with E-state index >= 15 is 0 Å². The van der Waals surface area contributed by atoms with Crippen LogP contribution in [0.1, 0.15) is 12.6 Å². The van der Waals surface area contributed by atoms with Crippen molar-refractivity contribution in [1.82, 2.24) is 4.98 Å². The minimum absolute atomic E-state index is 0.0295. The molecule has 1 rings (SSSR count). The predicted octanol–water partition coefficient (Wildman–Crippen LogP) is 2.86. The van der Waals surface area contributed by atoms with Crippen LogP contribution in [0.15, 0.2) is 6.07 Å². The van der Waals surface area contributed by atoms with Crippen molar-refractivity contribution >= 4 is 28.9 Å². The quantitative estimate of drug-likeness (QED) is 0.438. The maximum atomic E-state index is 10.4. The molecule has 0 saturated carbocycles. The lowest BCUT2D eigenvalue weighted by molar-refractivity contribution is -0.384. The standard InChI is InChI=1S/C7H6Cl2N2O2/c1-2-4-3-5(8)6(11(12)13)7(9)10-4/h3H,2H2,1H3. The second kappa shape index (κ2) is 3.89. The molecule has 0 radical (unpaired) electrons. The van der Waals surface area contributed by atoms with E-state index in [0.717, 1.165) is 0 Å². The summed E-state index contributed by atoms with van der Waals surface area (Å²) in [5.74, 6) is 0. The van der Waals surface area contributed by atoms with Crippen molar-refractivity contribution in [2.24, 2.45) is 0 Å². The molecule has 0 N–H and O–H groups in total. The third-order valence-corrected chi connectivity index (χ3v) is 2.05. The van der Waals surface area contributed by atoms with E-state index in [1.54, 1.807) is 0 Å². The van der Waals surface area contributed by atoms with Crippen molar-refractivity contribution in [3.63, 3.8) is 0 Å². The molecule has 1 aromatic heterocycles. The maximum Gasteiger partial charge on any atom is 0.324 e. The van der Waals surface area contributed by atoms with Gasteiger partial charge in [0, 0.05) is 5.69 Å². The Bertz CT molecular complexity index is 331.